The maximum Gasteiger partial charge on any atom is 0.260 e. The van der Waals surface area contributed by atoms with Crippen molar-refractivity contribution >= 4 is 69.0 Å². The van der Waals surface area contributed by atoms with Crippen molar-refractivity contribution in [3.8, 4) is 23.0 Å². The minimum Gasteiger partial charge on any atom is -0.458 e. The Morgan fingerprint density at radius 3 is 1.53 bits per heavy atom. The van der Waals surface area contributed by atoms with E-state index >= 15 is 8.78 Å². The van der Waals surface area contributed by atoms with E-state index in [0.29, 0.717) is 5.75 Å². The fourth-order valence-corrected chi connectivity index (χ4v) is 13.4. The van der Waals surface area contributed by atoms with Crippen LogP contribution in [-0.4, -0.2) is 14.8 Å². The minimum absolute atomic E-state index is 0.118. The summed E-state index contributed by atoms with van der Waals surface area (Å²) in [6.45, 7) is -0.118. The molecule has 0 fully saturated rings. The fourth-order valence-electron chi connectivity index (χ4n) is 8.25. The number of nitrogens with zero attached hydrogens (tertiary/aromatic N) is 1. The van der Waals surface area contributed by atoms with Gasteiger partial charge in [0.15, 0.2) is 8.07 Å². The predicted molar refractivity (Wildman–Crippen MR) is 196 cm³/mol. The van der Waals surface area contributed by atoms with Crippen LogP contribution in [0.25, 0.3) is 0 Å². The number of hydrogen-bond donors (Lipinski definition) is 0. The van der Waals surface area contributed by atoms with E-state index in [1.807, 2.05) is 97.1 Å². The van der Waals surface area contributed by atoms with E-state index in [0.717, 1.165) is 71.4 Å². The number of rotatable bonds is 3. The third kappa shape index (κ3) is 3.93. The summed E-state index contributed by atoms with van der Waals surface area (Å²) in [5.74, 6) is 2.29. The van der Waals surface area contributed by atoms with Gasteiger partial charge in [-0.25, -0.2) is 8.78 Å². The molecule has 0 unspecified atom stereocenters. The van der Waals surface area contributed by atoms with Crippen molar-refractivity contribution in [2.45, 2.75) is 0 Å². The lowest BCUT2D eigenvalue weighted by atomic mass is 9.35. The van der Waals surface area contributed by atoms with Crippen molar-refractivity contribution in [3.63, 3.8) is 0 Å². The average molecular weight is 654 g/mol. The van der Waals surface area contributed by atoms with Crippen molar-refractivity contribution in [1.29, 1.82) is 0 Å². The lowest BCUT2D eigenvalue weighted by Crippen LogP contribution is -2.77. The topological polar surface area (TPSA) is 21.7 Å². The largest absolute Gasteiger partial charge is 0.458 e. The van der Waals surface area contributed by atoms with E-state index < -0.39 is 8.07 Å². The van der Waals surface area contributed by atoms with Crippen molar-refractivity contribution in [1.82, 2.24) is 0 Å². The maximum absolute atomic E-state index is 15.7. The smallest absolute Gasteiger partial charge is 0.260 e. The van der Waals surface area contributed by atoms with Gasteiger partial charge in [-0.2, -0.15) is 0 Å². The molecule has 0 saturated carbocycles. The van der Waals surface area contributed by atoms with Crippen LogP contribution in [0.5, 0.6) is 23.0 Å². The molecular weight excluding hydrogens is 627 g/mol. The van der Waals surface area contributed by atoms with Gasteiger partial charge in [-0.15, -0.1) is 0 Å². The summed E-state index contributed by atoms with van der Waals surface area (Å²) in [5.41, 5.74) is 5.48. The molecule has 0 radical (unpaired) electrons. The van der Waals surface area contributed by atoms with Crippen molar-refractivity contribution in [2.75, 3.05) is 4.90 Å². The Labute approximate surface area is 283 Å². The molecule has 3 nitrogen and oxygen atoms in total. The Morgan fingerprint density at radius 1 is 0.469 bits per heavy atom. The molecule has 7 aromatic rings. The van der Waals surface area contributed by atoms with Gasteiger partial charge in [0.05, 0.1) is 5.69 Å². The molecule has 10 rings (SSSR count). The van der Waals surface area contributed by atoms with Crippen LogP contribution >= 0.6 is 0 Å². The van der Waals surface area contributed by atoms with Gasteiger partial charge in [0, 0.05) is 16.8 Å². The molecule has 0 aromatic heterocycles. The van der Waals surface area contributed by atoms with E-state index in [4.69, 9.17) is 9.47 Å². The van der Waals surface area contributed by atoms with Crippen LogP contribution in [0.3, 0.4) is 0 Å². The first-order chi connectivity index (χ1) is 24.1. The van der Waals surface area contributed by atoms with Gasteiger partial charge in [-0.05, 0) is 92.3 Å². The molecule has 0 bridgehead atoms. The highest BCUT2D eigenvalue weighted by atomic mass is 28.3. The van der Waals surface area contributed by atoms with E-state index in [9.17, 15) is 0 Å². The highest BCUT2D eigenvalue weighted by molar-refractivity contribution is 7.21. The molecule has 0 saturated heterocycles. The summed E-state index contributed by atoms with van der Waals surface area (Å²) in [4.78, 5) is 2.13. The Bertz CT molecular complexity index is 2350. The van der Waals surface area contributed by atoms with Gasteiger partial charge in [0.25, 0.3) is 6.71 Å². The Hall–Kier alpha value is -5.92. The molecule has 3 aliphatic heterocycles. The Morgan fingerprint density at radius 2 is 0.959 bits per heavy atom. The molecule has 0 N–H and O–H groups in total. The van der Waals surface area contributed by atoms with E-state index in [1.165, 1.54) is 12.1 Å². The predicted octanol–water partition coefficient (Wildman–Crippen LogP) is 5.85. The van der Waals surface area contributed by atoms with Gasteiger partial charge in [-0.3, -0.25) is 0 Å². The van der Waals surface area contributed by atoms with Crippen molar-refractivity contribution < 1.29 is 18.3 Å². The van der Waals surface area contributed by atoms with Gasteiger partial charge < -0.3 is 14.4 Å². The highest BCUT2D eigenvalue weighted by Crippen LogP contribution is 2.46. The van der Waals surface area contributed by atoms with Crippen LogP contribution < -0.4 is 51.5 Å². The zero-order valence-corrected chi connectivity index (χ0v) is 27.1. The monoisotopic (exact) mass is 653 g/mol. The van der Waals surface area contributed by atoms with Crippen LogP contribution in [0.1, 0.15) is 0 Å². The summed E-state index contributed by atoms with van der Waals surface area (Å²) in [5, 5.41) is 3.76. The molecule has 3 aliphatic rings. The zero-order valence-electron chi connectivity index (χ0n) is 26.1. The first kappa shape index (κ1) is 28.1. The van der Waals surface area contributed by atoms with Crippen LogP contribution in [0.4, 0.5) is 25.8 Å². The molecule has 7 heteroatoms. The zero-order chi connectivity index (χ0) is 32.7. The SMILES string of the molecule is Fc1ccc2c(c1)[Si](c1ccccc1)(c1ccccc1)c1cc(F)ccc1N2c1ccc2c3c1Oc1ccccc1B3c1ccccc1O2. The number of anilines is 3. The van der Waals surface area contributed by atoms with Gasteiger partial charge in [-0.1, -0.05) is 97.1 Å². The molecule has 0 spiro atoms. The number of para-hydroxylation sites is 2. The number of benzene rings is 7. The second-order valence-electron chi connectivity index (χ2n) is 12.7. The van der Waals surface area contributed by atoms with Crippen LogP contribution in [0, 0.1) is 11.6 Å². The van der Waals surface area contributed by atoms with E-state index in [-0.39, 0.29) is 18.3 Å². The number of hydrogen-bond acceptors (Lipinski definition) is 3. The summed E-state index contributed by atoms with van der Waals surface area (Å²) in [6, 6.07) is 50.7. The van der Waals surface area contributed by atoms with Gasteiger partial charge in [0.2, 0.25) is 0 Å². The van der Waals surface area contributed by atoms with E-state index in [2.05, 4.69) is 41.3 Å². The average Bonchev–Trinajstić information content (AvgIpc) is 3.15. The molecular formula is C42H26BF2NO2Si. The number of halogens is 2. The second kappa shape index (κ2) is 10.5. The fraction of sp³-hybridized carbons (Fsp3) is 0. The van der Waals surface area contributed by atoms with Crippen molar-refractivity contribution in [3.05, 3.63) is 169 Å². The Balaban J connectivity index is 1.30. The lowest BCUT2D eigenvalue weighted by molar-refractivity contribution is 0.465. The Kier molecular flexibility index (Phi) is 6.05. The molecule has 49 heavy (non-hydrogen) atoms. The second-order valence-corrected chi connectivity index (χ2v) is 16.4. The molecule has 232 valence electrons. The minimum atomic E-state index is -3.26. The summed E-state index contributed by atoms with van der Waals surface area (Å²) >= 11 is 0. The van der Waals surface area contributed by atoms with Crippen molar-refractivity contribution in [2.24, 2.45) is 0 Å². The summed E-state index contributed by atoms with van der Waals surface area (Å²) in [7, 11) is -3.26. The third-order valence-electron chi connectivity index (χ3n) is 10.2. The number of fused-ring (bicyclic) bond motifs is 6. The molecule has 7 aromatic carbocycles. The molecule has 3 heterocycles. The number of ether oxygens (including phenoxy) is 2. The molecule has 0 amide bonds. The summed E-state index contributed by atoms with van der Waals surface area (Å²) in [6.07, 6.45) is 0. The quantitative estimate of drug-likeness (QED) is 0.224. The standard InChI is InChI=1S/C42H26BF2NO2Si/c44-27-19-21-33-39(25-27)49(29-11-3-1-4-12-29,30-13-5-2-6-14-30)40-26-28(45)20-22-34(40)46(33)35-23-24-38-41-42(35)48-37-18-10-8-16-32(37)43(41)31-15-7-9-17-36(31)47-38/h1-26H. The molecule has 0 aliphatic carbocycles. The van der Waals surface area contributed by atoms with Crippen LogP contribution in [-0.2, 0) is 0 Å². The van der Waals surface area contributed by atoms with Gasteiger partial charge >= 0.3 is 0 Å². The normalized spacial score (nSPS) is 14.3. The van der Waals surface area contributed by atoms with Crippen LogP contribution in [0.15, 0.2) is 158 Å². The first-order valence-electron chi connectivity index (χ1n) is 16.3. The maximum atomic E-state index is 15.7. The summed E-state index contributed by atoms with van der Waals surface area (Å²) < 4.78 is 44.7. The van der Waals surface area contributed by atoms with Crippen LogP contribution in [0.2, 0.25) is 0 Å². The highest BCUT2D eigenvalue weighted by Gasteiger charge is 2.50. The molecule has 0 atom stereocenters. The van der Waals surface area contributed by atoms with Gasteiger partial charge in [0.1, 0.15) is 34.6 Å². The first-order valence-corrected chi connectivity index (χ1v) is 18.3. The third-order valence-corrected chi connectivity index (χ3v) is 15.0. The van der Waals surface area contributed by atoms with E-state index in [1.54, 1.807) is 12.1 Å². The lowest BCUT2D eigenvalue weighted by Gasteiger charge is -2.45.